The minimum Gasteiger partial charge on any atom is -0.494 e. The van der Waals surface area contributed by atoms with E-state index in [1.165, 1.54) is 88.2 Å². The molecule has 0 atom stereocenters. The van der Waals surface area contributed by atoms with E-state index >= 15 is 0 Å². The van der Waals surface area contributed by atoms with Crippen molar-refractivity contribution in [3.8, 4) is 17.6 Å². The van der Waals surface area contributed by atoms with Crippen molar-refractivity contribution in [2.75, 3.05) is 6.61 Å². The maximum Gasteiger partial charge on any atom is 0.119 e. The summed E-state index contributed by atoms with van der Waals surface area (Å²) in [6, 6.07) is 18.0. The van der Waals surface area contributed by atoms with Gasteiger partial charge < -0.3 is 4.74 Å². The fourth-order valence-electron chi connectivity index (χ4n) is 6.36. The predicted molar refractivity (Wildman–Crippen MR) is 158 cm³/mol. The molecule has 2 aromatic carbocycles. The molecule has 198 valence electrons. The monoisotopic (exact) mass is 496 g/mol. The molecule has 0 heterocycles. The van der Waals surface area contributed by atoms with E-state index in [9.17, 15) is 0 Å². The fourth-order valence-corrected chi connectivity index (χ4v) is 6.36. The van der Waals surface area contributed by atoms with Gasteiger partial charge in [0, 0.05) is 5.56 Å². The van der Waals surface area contributed by atoms with Gasteiger partial charge in [-0.15, -0.1) is 0 Å². The molecule has 0 spiro atoms. The van der Waals surface area contributed by atoms with E-state index in [1.54, 1.807) is 0 Å². The van der Waals surface area contributed by atoms with Crippen LogP contribution >= 0.6 is 0 Å². The molecule has 37 heavy (non-hydrogen) atoms. The highest BCUT2D eigenvalue weighted by Crippen LogP contribution is 2.38. The Hall–Kier alpha value is -2.46. The third-order valence-corrected chi connectivity index (χ3v) is 8.73. The van der Waals surface area contributed by atoms with Crippen LogP contribution in [0.5, 0.6) is 5.75 Å². The van der Waals surface area contributed by atoms with Gasteiger partial charge in [0.1, 0.15) is 5.75 Å². The lowest BCUT2D eigenvalue weighted by molar-refractivity contribution is 0.306. The van der Waals surface area contributed by atoms with Gasteiger partial charge in [0.25, 0.3) is 0 Å². The maximum absolute atomic E-state index is 5.88. The standard InChI is InChI=1S/C36H48O/c1-3-5-8-28-37-36-26-24-35(25-27-36)34-22-16-31(17-23-34)11-7-6-10-30-14-20-33(21-15-30)32-18-12-29(9-4-2)13-19-32/h7,11,14-15,20-21,24-27,29,31-32,34H,3-5,8-9,12-13,16-19,22-23,28H2,1-2H3/t29-,31-,32-,34-. The first-order valence-electron chi connectivity index (χ1n) is 15.3. The molecule has 0 saturated heterocycles. The topological polar surface area (TPSA) is 9.23 Å². The summed E-state index contributed by atoms with van der Waals surface area (Å²) in [7, 11) is 0. The summed E-state index contributed by atoms with van der Waals surface area (Å²) in [6.45, 7) is 5.38. The van der Waals surface area contributed by atoms with Crippen molar-refractivity contribution in [1.82, 2.24) is 0 Å². The minimum atomic E-state index is 0.664. The highest BCUT2D eigenvalue weighted by atomic mass is 16.5. The summed E-state index contributed by atoms with van der Waals surface area (Å²) < 4.78 is 5.88. The second-order valence-electron chi connectivity index (χ2n) is 11.5. The van der Waals surface area contributed by atoms with Crippen LogP contribution in [0.15, 0.2) is 60.7 Å². The molecule has 2 aliphatic rings. The Morgan fingerprint density at radius 2 is 1.35 bits per heavy atom. The number of hydrogen-bond donors (Lipinski definition) is 0. The predicted octanol–water partition coefficient (Wildman–Crippen LogP) is 10.2. The molecule has 0 unspecified atom stereocenters. The van der Waals surface area contributed by atoms with Crippen LogP contribution in [0.2, 0.25) is 0 Å². The van der Waals surface area contributed by atoms with Crippen LogP contribution in [0.1, 0.15) is 126 Å². The lowest BCUT2D eigenvalue weighted by Gasteiger charge is -2.28. The number of allylic oxidation sites excluding steroid dienone is 2. The summed E-state index contributed by atoms with van der Waals surface area (Å²) in [5, 5.41) is 0. The molecule has 0 aliphatic heterocycles. The molecule has 2 aliphatic carbocycles. The van der Waals surface area contributed by atoms with Crippen LogP contribution < -0.4 is 4.74 Å². The van der Waals surface area contributed by atoms with Crippen molar-refractivity contribution in [1.29, 1.82) is 0 Å². The van der Waals surface area contributed by atoms with Crippen molar-refractivity contribution in [2.24, 2.45) is 11.8 Å². The summed E-state index contributed by atoms with van der Waals surface area (Å²) in [4.78, 5) is 0. The Morgan fingerprint density at radius 1 is 0.730 bits per heavy atom. The third-order valence-electron chi connectivity index (χ3n) is 8.73. The molecule has 0 aromatic heterocycles. The van der Waals surface area contributed by atoms with Crippen molar-refractivity contribution < 1.29 is 4.74 Å². The van der Waals surface area contributed by atoms with Gasteiger partial charge in [0.05, 0.1) is 6.61 Å². The first-order chi connectivity index (χ1) is 18.2. The van der Waals surface area contributed by atoms with E-state index in [4.69, 9.17) is 4.74 Å². The first kappa shape index (κ1) is 27.6. The van der Waals surface area contributed by atoms with Gasteiger partial charge in [-0.05, 0) is 123 Å². The molecule has 2 fully saturated rings. The molecule has 2 saturated carbocycles. The van der Waals surface area contributed by atoms with Gasteiger partial charge >= 0.3 is 0 Å². The molecule has 0 bridgehead atoms. The average Bonchev–Trinajstić information content (AvgIpc) is 2.95. The van der Waals surface area contributed by atoms with E-state index in [-0.39, 0.29) is 0 Å². The number of ether oxygens (including phenoxy) is 1. The highest BCUT2D eigenvalue weighted by Gasteiger charge is 2.22. The van der Waals surface area contributed by atoms with Crippen LogP contribution in [0.3, 0.4) is 0 Å². The Morgan fingerprint density at radius 3 is 1.97 bits per heavy atom. The van der Waals surface area contributed by atoms with Gasteiger partial charge in [0.15, 0.2) is 0 Å². The van der Waals surface area contributed by atoms with Gasteiger partial charge in [0.2, 0.25) is 0 Å². The summed E-state index contributed by atoms with van der Waals surface area (Å²) in [5.74, 6) is 10.7. The normalized spacial score (nSPS) is 23.9. The van der Waals surface area contributed by atoms with E-state index in [0.717, 1.165) is 36.2 Å². The van der Waals surface area contributed by atoms with Crippen LogP contribution in [-0.2, 0) is 0 Å². The lowest BCUT2D eigenvalue weighted by atomic mass is 9.77. The fraction of sp³-hybridized carbons (Fsp3) is 0.556. The van der Waals surface area contributed by atoms with E-state index < -0.39 is 0 Å². The quantitative estimate of drug-likeness (QED) is 0.235. The molecule has 0 amide bonds. The maximum atomic E-state index is 5.88. The first-order valence-corrected chi connectivity index (χ1v) is 15.3. The molecule has 0 radical (unpaired) electrons. The second kappa shape index (κ2) is 15.1. The van der Waals surface area contributed by atoms with Crippen LogP contribution in [0, 0.1) is 23.7 Å². The number of rotatable bonds is 10. The Kier molecular flexibility index (Phi) is 11.2. The van der Waals surface area contributed by atoms with Crippen LogP contribution in [0.4, 0.5) is 0 Å². The van der Waals surface area contributed by atoms with Crippen molar-refractivity contribution in [3.63, 3.8) is 0 Å². The van der Waals surface area contributed by atoms with Gasteiger partial charge in [-0.1, -0.05) is 81.7 Å². The van der Waals surface area contributed by atoms with Gasteiger partial charge in [-0.25, -0.2) is 0 Å². The van der Waals surface area contributed by atoms with Crippen molar-refractivity contribution in [3.05, 3.63) is 77.4 Å². The zero-order valence-corrected chi connectivity index (χ0v) is 23.4. The molecule has 1 nitrogen and oxygen atoms in total. The van der Waals surface area contributed by atoms with E-state index in [1.807, 2.05) is 0 Å². The largest absolute Gasteiger partial charge is 0.494 e. The SMILES string of the molecule is CCCCCOc1ccc([C@H]2CC[C@H](C=CC#Cc3ccc([C@H]4CC[C@H](CCC)CC4)cc3)CC2)cc1. The molecular formula is C36H48O. The zero-order chi connectivity index (χ0) is 25.7. The molecular weight excluding hydrogens is 448 g/mol. The van der Waals surface area contributed by atoms with Crippen molar-refractivity contribution in [2.45, 2.75) is 109 Å². The summed E-state index contributed by atoms with van der Waals surface area (Å²) >= 11 is 0. The molecule has 2 aromatic rings. The van der Waals surface area contributed by atoms with Gasteiger partial charge in [-0.3, -0.25) is 0 Å². The number of benzene rings is 2. The zero-order valence-electron chi connectivity index (χ0n) is 23.4. The second-order valence-corrected chi connectivity index (χ2v) is 11.5. The minimum absolute atomic E-state index is 0.664. The summed E-state index contributed by atoms with van der Waals surface area (Å²) in [6.07, 6.45) is 21.4. The van der Waals surface area contributed by atoms with Crippen LogP contribution in [0.25, 0.3) is 0 Å². The van der Waals surface area contributed by atoms with E-state index in [0.29, 0.717) is 11.8 Å². The molecule has 0 N–H and O–H groups in total. The number of hydrogen-bond acceptors (Lipinski definition) is 1. The summed E-state index contributed by atoms with van der Waals surface area (Å²) in [5.41, 5.74) is 4.12. The Bertz CT molecular complexity index is 987. The Balaban J connectivity index is 1.18. The lowest BCUT2D eigenvalue weighted by Crippen LogP contribution is -2.13. The third kappa shape index (κ3) is 8.81. The molecule has 1 heteroatoms. The van der Waals surface area contributed by atoms with Crippen LogP contribution in [-0.4, -0.2) is 6.61 Å². The average molecular weight is 497 g/mol. The van der Waals surface area contributed by atoms with Crippen molar-refractivity contribution >= 4 is 0 Å². The van der Waals surface area contributed by atoms with Gasteiger partial charge in [-0.2, -0.15) is 0 Å². The van der Waals surface area contributed by atoms with E-state index in [2.05, 4.69) is 86.4 Å². The smallest absolute Gasteiger partial charge is 0.119 e. The Labute approximate surface area is 227 Å². The molecule has 4 rings (SSSR count). The number of unbranched alkanes of at least 4 members (excludes halogenated alkanes) is 2. The highest BCUT2D eigenvalue weighted by molar-refractivity contribution is 5.39.